The number of aliphatic imine (C=N–C) groups is 1. The zero-order valence-electron chi connectivity index (χ0n) is 14.9. The minimum Gasteiger partial charge on any atom is -0.493 e. The molecule has 0 spiro atoms. The van der Waals surface area contributed by atoms with Crippen LogP contribution in [0.2, 0.25) is 0 Å². The van der Waals surface area contributed by atoms with E-state index >= 15 is 0 Å². The Balaban J connectivity index is 2.18. The van der Waals surface area contributed by atoms with Crippen molar-refractivity contribution < 1.29 is 27.5 Å². The van der Waals surface area contributed by atoms with Gasteiger partial charge in [-0.25, -0.2) is 13.1 Å². The fraction of sp³-hybridized carbons (Fsp3) is 0.167. The molecule has 0 aliphatic rings. The molecular weight excluding hydrogens is 372 g/mol. The van der Waals surface area contributed by atoms with Gasteiger partial charge in [0.1, 0.15) is 0 Å². The first-order valence-electron chi connectivity index (χ1n) is 7.75. The minimum absolute atomic E-state index is 0.0379. The summed E-state index contributed by atoms with van der Waals surface area (Å²) in [6, 6.07) is 10.7. The summed E-state index contributed by atoms with van der Waals surface area (Å²) in [5, 5.41) is 0. The Hall–Kier alpha value is -3.20. The van der Waals surface area contributed by atoms with Gasteiger partial charge in [0.25, 0.3) is 10.0 Å². The minimum atomic E-state index is -3.88. The van der Waals surface area contributed by atoms with Crippen molar-refractivity contribution in [2.45, 2.75) is 18.7 Å². The maximum Gasteiger partial charge on any atom is 0.308 e. The van der Waals surface area contributed by atoms with E-state index in [-0.39, 0.29) is 4.90 Å². The Kier molecular flexibility index (Phi) is 6.30. The molecule has 0 radical (unpaired) electrons. The van der Waals surface area contributed by atoms with Crippen LogP contribution < -0.4 is 14.2 Å². The molecule has 8 nitrogen and oxygen atoms in total. The second kappa shape index (κ2) is 8.45. The van der Waals surface area contributed by atoms with Gasteiger partial charge in [0, 0.05) is 20.1 Å². The van der Waals surface area contributed by atoms with Gasteiger partial charge in [-0.15, -0.1) is 0 Å². The van der Waals surface area contributed by atoms with Crippen LogP contribution in [-0.2, 0) is 19.6 Å². The molecule has 2 rings (SSSR count). The molecule has 1 amide bonds. The number of esters is 1. The fourth-order valence-electron chi connectivity index (χ4n) is 2.11. The Morgan fingerprint density at radius 2 is 1.70 bits per heavy atom. The van der Waals surface area contributed by atoms with Gasteiger partial charge in [0.15, 0.2) is 11.5 Å². The van der Waals surface area contributed by atoms with Crippen LogP contribution in [0.3, 0.4) is 0 Å². The van der Waals surface area contributed by atoms with Crippen LogP contribution in [0.15, 0.2) is 52.4 Å². The number of rotatable bonds is 6. The van der Waals surface area contributed by atoms with E-state index in [9.17, 15) is 18.0 Å². The van der Waals surface area contributed by atoms with Crippen molar-refractivity contribution in [3.63, 3.8) is 0 Å². The van der Waals surface area contributed by atoms with Gasteiger partial charge in [-0.05, 0) is 48.0 Å². The lowest BCUT2D eigenvalue weighted by molar-refractivity contribution is -0.132. The number of hydrogen-bond donors (Lipinski definition) is 1. The Labute approximate surface area is 156 Å². The molecule has 142 valence electrons. The highest BCUT2D eigenvalue weighted by atomic mass is 32.2. The predicted molar refractivity (Wildman–Crippen MR) is 99.0 cm³/mol. The maximum absolute atomic E-state index is 11.9. The topological polar surface area (TPSA) is 111 Å². The standard InChI is InChI=1S/C18H18N2O6S/c1-12(21)20-27(23,24)16-7-5-15(6-8-16)19-11-14-4-9-17(26-13(2)22)18(10-14)25-3/h4-11H,1-3H3,(H,20,21). The molecule has 1 N–H and O–H groups in total. The number of benzene rings is 2. The normalized spacial score (nSPS) is 11.2. The zero-order valence-corrected chi connectivity index (χ0v) is 15.7. The molecule has 2 aromatic carbocycles. The van der Waals surface area contributed by atoms with Crippen LogP contribution in [-0.4, -0.2) is 33.6 Å². The molecule has 0 saturated carbocycles. The summed E-state index contributed by atoms with van der Waals surface area (Å²) in [4.78, 5) is 26.2. The average Bonchev–Trinajstić information content (AvgIpc) is 2.59. The van der Waals surface area contributed by atoms with E-state index in [1.54, 1.807) is 24.4 Å². The molecule has 0 heterocycles. The molecule has 0 aliphatic heterocycles. The second-order valence-corrected chi connectivity index (χ2v) is 7.10. The van der Waals surface area contributed by atoms with E-state index in [2.05, 4.69) is 4.99 Å². The fourth-order valence-corrected chi connectivity index (χ4v) is 3.10. The summed E-state index contributed by atoms with van der Waals surface area (Å²) in [7, 11) is -2.42. The Bertz CT molecular complexity index is 981. The van der Waals surface area contributed by atoms with E-state index in [1.807, 2.05) is 4.72 Å². The summed E-state index contributed by atoms with van der Waals surface area (Å²) >= 11 is 0. The van der Waals surface area contributed by atoms with Gasteiger partial charge in [-0.3, -0.25) is 14.6 Å². The lowest BCUT2D eigenvalue weighted by Gasteiger charge is -2.08. The highest BCUT2D eigenvalue weighted by molar-refractivity contribution is 7.90. The summed E-state index contributed by atoms with van der Waals surface area (Å²) in [6.45, 7) is 2.42. The van der Waals surface area contributed by atoms with Crippen LogP contribution in [0, 0.1) is 0 Å². The summed E-state index contributed by atoms with van der Waals surface area (Å²) in [5.74, 6) is -0.437. The molecule has 27 heavy (non-hydrogen) atoms. The van der Waals surface area contributed by atoms with Crippen molar-refractivity contribution in [1.82, 2.24) is 4.72 Å². The van der Waals surface area contributed by atoms with Gasteiger partial charge in [0.2, 0.25) is 5.91 Å². The van der Waals surface area contributed by atoms with E-state index in [4.69, 9.17) is 9.47 Å². The Morgan fingerprint density at radius 1 is 1.04 bits per heavy atom. The van der Waals surface area contributed by atoms with Crippen molar-refractivity contribution in [3.8, 4) is 11.5 Å². The van der Waals surface area contributed by atoms with Crippen LogP contribution in [0.5, 0.6) is 11.5 Å². The zero-order chi connectivity index (χ0) is 20.0. The smallest absolute Gasteiger partial charge is 0.308 e. The van der Waals surface area contributed by atoms with Crippen LogP contribution in [0.25, 0.3) is 0 Å². The lowest BCUT2D eigenvalue weighted by Crippen LogP contribution is -2.28. The maximum atomic E-state index is 11.9. The monoisotopic (exact) mass is 390 g/mol. The van der Waals surface area contributed by atoms with Crippen LogP contribution >= 0.6 is 0 Å². The van der Waals surface area contributed by atoms with Crippen molar-refractivity contribution in [2.75, 3.05) is 7.11 Å². The molecule has 0 aliphatic carbocycles. The molecule has 0 unspecified atom stereocenters. The van der Waals surface area contributed by atoms with Crippen molar-refractivity contribution in [3.05, 3.63) is 48.0 Å². The third-order valence-electron chi connectivity index (χ3n) is 3.23. The first kappa shape index (κ1) is 20.1. The van der Waals surface area contributed by atoms with Gasteiger partial charge in [-0.1, -0.05) is 0 Å². The average molecular weight is 390 g/mol. The second-order valence-electron chi connectivity index (χ2n) is 5.42. The van der Waals surface area contributed by atoms with Gasteiger partial charge >= 0.3 is 5.97 Å². The SMILES string of the molecule is COc1cc(C=Nc2ccc(S(=O)(=O)NC(C)=O)cc2)ccc1OC(C)=O. The number of carbonyl (C=O) groups is 2. The molecule has 0 atom stereocenters. The number of methoxy groups -OCH3 is 1. The molecule has 0 bridgehead atoms. The lowest BCUT2D eigenvalue weighted by atomic mass is 10.2. The number of sulfonamides is 1. The first-order chi connectivity index (χ1) is 12.7. The van der Waals surface area contributed by atoms with E-state index in [0.717, 1.165) is 6.92 Å². The molecule has 0 fully saturated rings. The van der Waals surface area contributed by atoms with Crippen molar-refractivity contribution in [2.24, 2.45) is 4.99 Å². The molecule has 2 aromatic rings. The number of amides is 1. The Morgan fingerprint density at radius 3 is 2.26 bits per heavy atom. The van der Waals surface area contributed by atoms with E-state index in [1.165, 1.54) is 38.3 Å². The third-order valence-corrected chi connectivity index (χ3v) is 4.68. The number of nitrogens with zero attached hydrogens (tertiary/aromatic N) is 1. The van der Waals surface area contributed by atoms with Gasteiger partial charge < -0.3 is 9.47 Å². The summed E-state index contributed by atoms with van der Waals surface area (Å²) in [6.07, 6.45) is 1.55. The number of nitrogens with one attached hydrogen (secondary N) is 1. The largest absolute Gasteiger partial charge is 0.493 e. The summed E-state index contributed by atoms with van der Waals surface area (Å²) in [5.41, 5.74) is 1.21. The van der Waals surface area contributed by atoms with Crippen LogP contribution in [0.1, 0.15) is 19.4 Å². The number of carbonyl (C=O) groups excluding carboxylic acids is 2. The van der Waals surface area contributed by atoms with Crippen molar-refractivity contribution >= 4 is 33.8 Å². The number of hydrogen-bond acceptors (Lipinski definition) is 7. The van der Waals surface area contributed by atoms with E-state index in [0.29, 0.717) is 22.7 Å². The first-order valence-corrected chi connectivity index (χ1v) is 9.23. The predicted octanol–water partition coefficient (Wildman–Crippen LogP) is 2.20. The van der Waals surface area contributed by atoms with Crippen LogP contribution in [0.4, 0.5) is 5.69 Å². The quantitative estimate of drug-likeness (QED) is 0.460. The molecule has 0 saturated heterocycles. The molecular formula is C18H18N2O6S. The third kappa shape index (κ3) is 5.65. The van der Waals surface area contributed by atoms with E-state index < -0.39 is 21.9 Å². The molecule has 0 aromatic heterocycles. The summed E-state index contributed by atoms with van der Waals surface area (Å²) < 4.78 is 35.9. The van der Waals surface area contributed by atoms with Gasteiger partial charge in [-0.2, -0.15) is 0 Å². The highest BCUT2D eigenvalue weighted by Gasteiger charge is 2.14. The molecule has 9 heteroatoms. The van der Waals surface area contributed by atoms with Crippen molar-refractivity contribution in [1.29, 1.82) is 0 Å². The highest BCUT2D eigenvalue weighted by Crippen LogP contribution is 2.28. The van der Waals surface area contributed by atoms with Gasteiger partial charge in [0.05, 0.1) is 17.7 Å². The number of ether oxygens (including phenoxy) is 2.